The Kier molecular flexibility index (Phi) is 6.78. The fourth-order valence-corrected chi connectivity index (χ4v) is 2.45. The van der Waals surface area contributed by atoms with Gasteiger partial charge < -0.3 is 10.1 Å². The van der Waals surface area contributed by atoms with E-state index in [4.69, 9.17) is 17.0 Å². The number of aromatic nitrogens is 3. The van der Waals surface area contributed by atoms with Crippen LogP contribution in [0, 0.1) is 4.77 Å². The third-order valence-electron chi connectivity index (χ3n) is 3.40. The molecule has 2 N–H and O–H groups in total. The van der Waals surface area contributed by atoms with Crippen molar-refractivity contribution in [2.24, 2.45) is 0 Å². The minimum Gasteiger partial charge on any atom is -0.484 e. The van der Waals surface area contributed by atoms with Gasteiger partial charge in [0.05, 0.1) is 0 Å². The summed E-state index contributed by atoms with van der Waals surface area (Å²) in [4.78, 5) is 12.1. The zero-order chi connectivity index (χ0) is 19.2. The number of alkyl halides is 3. The van der Waals surface area contributed by atoms with E-state index in [9.17, 15) is 18.0 Å². The number of hydrogen-bond acceptors (Lipinski definition) is 4. The molecule has 142 valence electrons. The minimum atomic E-state index is -4.40. The number of halogens is 3. The molecule has 1 amide bonds. The lowest BCUT2D eigenvalue weighted by Crippen LogP contribution is -2.28. The number of amides is 1. The average Bonchev–Trinajstić information content (AvgIpc) is 2.92. The molecule has 1 heterocycles. The lowest BCUT2D eigenvalue weighted by atomic mass is 10.2. The summed E-state index contributed by atoms with van der Waals surface area (Å²) in [5, 5.41) is 9.46. The number of aromatic amines is 1. The van der Waals surface area contributed by atoms with Gasteiger partial charge in [0.1, 0.15) is 18.1 Å². The normalized spacial score (nSPS) is 11.4. The van der Waals surface area contributed by atoms with Gasteiger partial charge in [0, 0.05) is 13.0 Å². The van der Waals surface area contributed by atoms with Gasteiger partial charge in [-0.3, -0.25) is 14.5 Å². The van der Waals surface area contributed by atoms with Gasteiger partial charge in [0.25, 0.3) is 0 Å². The van der Waals surface area contributed by atoms with E-state index < -0.39 is 12.8 Å². The zero-order valence-electron chi connectivity index (χ0n) is 14.1. The van der Waals surface area contributed by atoms with Crippen LogP contribution in [-0.4, -0.2) is 33.5 Å². The number of rotatable bonds is 8. The second kappa shape index (κ2) is 8.84. The Bertz CT molecular complexity index is 801. The highest BCUT2D eigenvalue weighted by atomic mass is 32.1. The van der Waals surface area contributed by atoms with Crippen LogP contribution in [0.2, 0.25) is 0 Å². The smallest absolute Gasteiger partial charge is 0.422 e. The molecule has 6 nitrogen and oxygen atoms in total. The van der Waals surface area contributed by atoms with E-state index in [1.807, 2.05) is 6.92 Å². The van der Waals surface area contributed by atoms with Gasteiger partial charge in [-0.1, -0.05) is 19.1 Å². The Labute approximate surface area is 153 Å². The van der Waals surface area contributed by atoms with Gasteiger partial charge in [-0.2, -0.15) is 18.3 Å². The van der Waals surface area contributed by atoms with E-state index in [0.29, 0.717) is 22.6 Å². The quantitative estimate of drug-likeness (QED) is 0.682. The van der Waals surface area contributed by atoms with Gasteiger partial charge in [0.2, 0.25) is 5.91 Å². The second-order valence-corrected chi connectivity index (χ2v) is 6.00. The maximum Gasteiger partial charge on any atom is 0.422 e. The van der Waals surface area contributed by atoms with E-state index in [1.54, 1.807) is 16.7 Å². The molecular weight excluding hydrogens is 369 g/mol. The number of carbonyl (C=O) groups excluding carboxylic acids is 1. The van der Waals surface area contributed by atoms with Crippen LogP contribution >= 0.6 is 12.2 Å². The van der Waals surface area contributed by atoms with Gasteiger partial charge in [0.15, 0.2) is 11.4 Å². The van der Waals surface area contributed by atoms with Crippen LogP contribution in [0.1, 0.15) is 24.7 Å². The maximum atomic E-state index is 12.2. The Morgan fingerprint density at radius 3 is 2.88 bits per heavy atom. The molecule has 0 saturated carbocycles. The lowest BCUT2D eigenvalue weighted by molar-refractivity contribution is -0.153. The van der Waals surface area contributed by atoms with Crippen LogP contribution in [0.4, 0.5) is 13.2 Å². The number of benzene rings is 1. The monoisotopic (exact) mass is 388 g/mol. The summed E-state index contributed by atoms with van der Waals surface area (Å²) in [7, 11) is 0. The summed E-state index contributed by atoms with van der Waals surface area (Å²) in [6.45, 7) is 0.822. The molecule has 0 radical (unpaired) electrons. The van der Waals surface area contributed by atoms with Crippen molar-refractivity contribution in [2.75, 3.05) is 6.61 Å². The molecule has 2 rings (SSSR count). The molecule has 1 aromatic heterocycles. The van der Waals surface area contributed by atoms with Crippen molar-refractivity contribution < 1.29 is 22.7 Å². The number of aryl methyl sites for hydroxylation is 1. The minimum absolute atomic E-state index is 0.0227. The highest BCUT2D eigenvalue weighted by Crippen LogP contribution is 2.19. The molecular formula is C16H19F3N4O2S. The first-order chi connectivity index (χ1) is 12.3. The third-order valence-corrected chi connectivity index (χ3v) is 3.71. The first-order valence-electron chi connectivity index (χ1n) is 7.97. The Morgan fingerprint density at radius 2 is 2.19 bits per heavy atom. The van der Waals surface area contributed by atoms with Crippen LogP contribution in [0.3, 0.4) is 0 Å². The molecule has 2 aromatic rings. The lowest BCUT2D eigenvalue weighted by Gasteiger charge is -2.11. The van der Waals surface area contributed by atoms with Crippen molar-refractivity contribution >= 4 is 18.1 Å². The van der Waals surface area contributed by atoms with Crippen LogP contribution in [0.5, 0.6) is 5.75 Å². The van der Waals surface area contributed by atoms with Crippen molar-refractivity contribution in [1.29, 1.82) is 0 Å². The Balaban J connectivity index is 1.91. The van der Waals surface area contributed by atoms with E-state index >= 15 is 0 Å². The SMILES string of the molecule is CCCc1n[nH]c(=S)n1CC(=O)NCc1cccc(OCC(F)(F)F)c1. The molecule has 0 unspecified atom stereocenters. The maximum absolute atomic E-state index is 12.2. The predicted octanol–water partition coefficient (Wildman–Crippen LogP) is 3.15. The van der Waals surface area contributed by atoms with Crippen molar-refractivity contribution in [3.05, 3.63) is 40.4 Å². The summed E-state index contributed by atoms with van der Waals surface area (Å²) < 4.78 is 43.3. The topological polar surface area (TPSA) is 71.9 Å². The van der Waals surface area contributed by atoms with E-state index in [-0.39, 0.29) is 24.7 Å². The molecule has 0 aliphatic carbocycles. The predicted molar refractivity (Wildman–Crippen MR) is 91.2 cm³/mol. The van der Waals surface area contributed by atoms with E-state index in [2.05, 4.69) is 15.5 Å². The molecule has 0 aliphatic heterocycles. The second-order valence-electron chi connectivity index (χ2n) is 5.61. The fraction of sp³-hybridized carbons (Fsp3) is 0.438. The highest BCUT2D eigenvalue weighted by Gasteiger charge is 2.28. The van der Waals surface area contributed by atoms with Gasteiger partial charge in [-0.15, -0.1) is 0 Å². The molecule has 0 atom stereocenters. The standard InChI is InChI=1S/C16H19F3N4O2S/c1-2-4-13-21-22-15(26)23(13)9-14(24)20-8-11-5-3-6-12(7-11)25-10-16(17,18)19/h3,5-7H,2,4,8-10H2,1H3,(H,20,24)(H,22,26). The summed E-state index contributed by atoms with van der Waals surface area (Å²) >= 11 is 5.12. The van der Waals surface area contributed by atoms with E-state index in [0.717, 1.165) is 6.42 Å². The first-order valence-corrected chi connectivity index (χ1v) is 8.38. The third kappa shape index (κ3) is 6.17. The molecule has 0 bridgehead atoms. The van der Waals surface area contributed by atoms with Crippen LogP contribution in [-0.2, 0) is 24.3 Å². The molecule has 0 spiro atoms. The molecule has 0 saturated heterocycles. The van der Waals surface area contributed by atoms with Crippen molar-refractivity contribution in [1.82, 2.24) is 20.1 Å². The Morgan fingerprint density at radius 1 is 1.42 bits per heavy atom. The fourth-order valence-electron chi connectivity index (χ4n) is 2.24. The van der Waals surface area contributed by atoms with Gasteiger partial charge >= 0.3 is 6.18 Å². The zero-order valence-corrected chi connectivity index (χ0v) is 14.9. The van der Waals surface area contributed by atoms with Gasteiger partial charge in [-0.25, -0.2) is 0 Å². The largest absolute Gasteiger partial charge is 0.484 e. The summed E-state index contributed by atoms with van der Waals surface area (Å²) in [6, 6.07) is 6.14. The molecule has 26 heavy (non-hydrogen) atoms. The molecule has 0 aliphatic rings. The number of nitrogens with one attached hydrogen (secondary N) is 2. The molecule has 1 aromatic carbocycles. The van der Waals surface area contributed by atoms with E-state index in [1.165, 1.54) is 12.1 Å². The van der Waals surface area contributed by atoms with Crippen molar-refractivity contribution in [3.63, 3.8) is 0 Å². The Hall–Kier alpha value is -2.36. The molecule has 0 fully saturated rings. The molecule has 10 heteroatoms. The summed E-state index contributed by atoms with van der Waals surface area (Å²) in [5.41, 5.74) is 0.627. The number of ether oxygens (including phenoxy) is 1. The summed E-state index contributed by atoms with van der Waals surface area (Å²) in [6.07, 6.45) is -2.84. The van der Waals surface area contributed by atoms with Crippen molar-refractivity contribution in [2.45, 2.75) is 39.0 Å². The number of hydrogen-bond donors (Lipinski definition) is 2. The van der Waals surface area contributed by atoms with Crippen molar-refractivity contribution in [3.8, 4) is 5.75 Å². The van der Waals surface area contributed by atoms with Crippen LogP contribution < -0.4 is 10.1 Å². The highest BCUT2D eigenvalue weighted by molar-refractivity contribution is 7.71. The number of H-pyrrole nitrogens is 1. The first kappa shape index (κ1) is 20.0. The van der Waals surface area contributed by atoms with Gasteiger partial charge in [-0.05, 0) is 36.3 Å². The summed E-state index contributed by atoms with van der Waals surface area (Å²) in [5.74, 6) is 0.521. The average molecular weight is 388 g/mol. The number of carbonyl (C=O) groups is 1. The number of nitrogens with zero attached hydrogens (tertiary/aromatic N) is 2. The van der Waals surface area contributed by atoms with Crippen LogP contribution in [0.15, 0.2) is 24.3 Å². The van der Waals surface area contributed by atoms with Crippen LogP contribution in [0.25, 0.3) is 0 Å².